The van der Waals surface area contributed by atoms with Crippen LogP contribution in [-0.4, -0.2) is 14.8 Å². The Balaban J connectivity index is 3.02. The predicted molar refractivity (Wildman–Crippen MR) is 42.3 cm³/mol. The highest BCUT2D eigenvalue weighted by atomic mass is 32.1. The molecule has 1 rings (SSSR count). The van der Waals surface area contributed by atoms with Gasteiger partial charge in [0.15, 0.2) is 0 Å². The molecule has 0 aliphatic carbocycles. The standard InChI is InChI=1S/C6H9N3S/c1-3-4-9-5(2)7-6(10)8-9/h3H,1,4H2,2H3,(H,8,10). The second-order valence-electron chi connectivity index (χ2n) is 1.98. The van der Waals surface area contributed by atoms with Crippen LogP contribution in [0, 0.1) is 11.7 Å². The summed E-state index contributed by atoms with van der Waals surface area (Å²) in [5, 5.41) is 2.89. The van der Waals surface area contributed by atoms with Crippen molar-refractivity contribution in [3.63, 3.8) is 0 Å². The molecule has 0 radical (unpaired) electrons. The van der Waals surface area contributed by atoms with E-state index in [4.69, 9.17) is 12.2 Å². The first-order valence-electron chi connectivity index (χ1n) is 2.98. The van der Waals surface area contributed by atoms with E-state index in [1.54, 1.807) is 6.08 Å². The van der Waals surface area contributed by atoms with Crippen molar-refractivity contribution in [3.8, 4) is 0 Å². The van der Waals surface area contributed by atoms with Crippen molar-refractivity contribution in [2.24, 2.45) is 0 Å². The zero-order valence-corrected chi connectivity index (χ0v) is 6.61. The van der Waals surface area contributed by atoms with Crippen LogP contribution in [0.2, 0.25) is 0 Å². The minimum Gasteiger partial charge on any atom is -0.271 e. The van der Waals surface area contributed by atoms with Crippen molar-refractivity contribution in [1.82, 2.24) is 14.8 Å². The molecular weight excluding hydrogens is 146 g/mol. The summed E-state index contributed by atoms with van der Waals surface area (Å²) in [6.45, 7) is 6.23. The van der Waals surface area contributed by atoms with Crippen molar-refractivity contribution >= 4 is 12.2 Å². The third-order valence-corrected chi connectivity index (χ3v) is 1.38. The van der Waals surface area contributed by atoms with E-state index in [1.165, 1.54) is 0 Å². The largest absolute Gasteiger partial charge is 0.271 e. The molecule has 0 aliphatic heterocycles. The van der Waals surface area contributed by atoms with Crippen LogP contribution in [0.4, 0.5) is 0 Å². The van der Waals surface area contributed by atoms with Crippen molar-refractivity contribution < 1.29 is 0 Å². The van der Waals surface area contributed by atoms with Gasteiger partial charge in [-0.05, 0) is 19.1 Å². The zero-order chi connectivity index (χ0) is 7.56. The summed E-state index contributed by atoms with van der Waals surface area (Å²) in [4.78, 5) is 4.00. The number of hydrogen-bond acceptors (Lipinski definition) is 2. The number of allylic oxidation sites excluding steroid dienone is 1. The molecule has 54 valence electrons. The van der Waals surface area contributed by atoms with Crippen molar-refractivity contribution in [2.45, 2.75) is 13.5 Å². The lowest BCUT2D eigenvalue weighted by molar-refractivity contribution is 0.673. The van der Waals surface area contributed by atoms with Crippen LogP contribution in [0.5, 0.6) is 0 Å². The Bertz CT molecular complexity index is 283. The summed E-state index contributed by atoms with van der Waals surface area (Å²) in [5.41, 5.74) is 0. The Morgan fingerprint density at radius 2 is 2.60 bits per heavy atom. The van der Waals surface area contributed by atoms with Gasteiger partial charge < -0.3 is 0 Å². The number of aromatic amines is 1. The Kier molecular flexibility index (Phi) is 2.01. The van der Waals surface area contributed by atoms with E-state index in [0.717, 1.165) is 12.4 Å². The molecule has 0 aliphatic rings. The molecule has 0 aromatic carbocycles. The number of rotatable bonds is 2. The molecule has 1 aromatic rings. The Hall–Kier alpha value is -0.900. The van der Waals surface area contributed by atoms with Gasteiger partial charge >= 0.3 is 0 Å². The van der Waals surface area contributed by atoms with E-state index in [2.05, 4.69) is 16.7 Å². The Morgan fingerprint density at radius 3 is 3.00 bits per heavy atom. The first kappa shape index (κ1) is 7.21. The van der Waals surface area contributed by atoms with Gasteiger partial charge in [-0.2, -0.15) is 0 Å². The van der Waals surface area contributed by atoms with E-state index < -0.39 is 0 Å². The van der Waals surface area contributed by atoms with Crippen molar-refractivity contribution in [2.75, 3.05) is 0 Å². The molecule has 0 unspecified atom stereocenters. The lowest BCUT2D eigenvalue weighted by atomic mass is 10.6. The summed E-state index contributed by atoms with van der Waals surface area (Å²) in [6.07, 6.45) is 1.79. The number of nitrogens with one attached hydrogen (secondary N) is 1. The summed E-state index contributed by atoms with van der Waals surface area (Å²) in [7, 11) is 0. The Morgan fingerprint density at radius 1 is 1.90 bits per heavy atom. The highest BCUT2D eigenvalue weighted by Crippen LogP contribution is 1.91. The number of hydrogen-bond donors (Lipinski definition) is 1. The lowest BCUT2D eigenvalue weighted by Crippen LogP contribution is -1.99. The highest BCUT2D eigenvalue weighted by molar-refractivity contribution is 7.71. The summed E-state index contributed by atoms with van der Waals surface area (Å²) in [5.74, 6) is 0.893. The molecule has 1 heterocycles. The van der Waals surface area contributed by atoms with Gasteiger partial charge in [0.25, 0.3) is 0 Å². The van der Waals surface area contributed by atoms with Crippen molar-refractivity contribution in [3.05, 3.63) is 23.3 Å². The second kappa shape index (κ2) is 2.79. The van der Waals surface area contributed by atoms with Gasteiger partial charge in [-0.25, -0.2) is 4.98 Å². The normalized spacial score (nSPS) is 9.70. The van der Waals surface area contributed by atoms with Crippen LogP contribution in [0.25, 0.3) is 0 Å². The summed E-state index contributed by atoms with van der Waals surface area (Å²) in [6, 6.07) is 0. The first-order chi connectivity index (χ1) is 4.74. The van der Waals surface area contributed by atoms with Crippen LogP contribution in [0.3, 0.4) is 0 Å². The van der Waals surface area contributed by atoms with Crippen LogP contribution in [0.1, 0.15) is 5.82 Å². The van der Waals surface area contributed by atoms with Gasteiger partial charge in [-0.15, -0.1) is 6.58 Å². The molecule has 4 heteroatoms. The number of nitrogens with zero attached hydrogens (tertiary/aromatic N) is 2. The topological polar surface area (TPSA) is 33.6 Å². The molecule has 0 fully saturated rings. The molecule has 0 saturated heterocycles. The SMILES string of the molecule is C=CCn1[nH]c(=S)nc1C. The average molecular weight is 155 g/mol. The lowest BCUT2D eigenvalue weighted by Gasteiger charge is -1.96. The first-order valence-corrected chi connectivity index (χ1v) is 3.39. The number of aryl methyl sites for hydroxylation is 1. The average Bonchev–Trinajstić information content (AvgIpc) is 2.13. The van der Waals surface area contributed by atoms with Gasteiger partial charge in [0.2, 0.25) is 4.77 Å². The van der Waals surface area contributed by atoms with Crippen LogP contribution >= 0.6 is 12.2 Å². The van der Waals surface area contributed by atoms with Crippen LogP contribution in [-0.2, 0) is 6.54 Å². The molecule has 3 nitrogen and oxygen atoms in total. The third-order valence-electron chi connectivity index (χ3n) is 1.20. The zero-order valence-electron chi connectivity index (χ0n) is 5.79. The molecular formula is C6H9N3S. The molecule has 0 saturated carbocycles. The molecule has 1 N–H and O–H groups in total. The molecule has 0 spiro atoms. The maximum absolute atomic E-state index is 4.81. The molecule has 10 heavy (non-hydrogen) atoms. The van der Waals surface area contributed by atoms with Gasteiger partial charge in [0, 0.05) is 0 Å². The van der Waals surface area contributed by atoms with E-state index in [0.29, 0.717) is 4.77 Å². The fourth-order valence-electron chi connectivity index (χ4n) is 0.736. The van der Waals surface area contributed by atoms with Crippen LogP contribution in [0.15, 0.2) is 12.7 Å². The third kappa shape index (κ3) is 1.33. The molecule has 0 bridgehead atoms. The second-order valence-corrected chi connectivity index (χ2v) is 2.36. The van der Waals surface area contributed by atoms with E-state index in [9.17, 15) is 0 Å². The predicted octanol–water partition coefficient (Wildman–Crippen LogP) is 1.44. The van der Waals surface area contributed by atoms with E-state index in [-0.39, 0.29) is 0 Å². The molecule has 0 atom stereocenters. The minimum atomic E-state index is 0.527. The van der Waals surface area contributed by atoms with Gasteiger partial charge in [-0.3, -0.25) is 9.78 Å². The highest BCUT2D eigenvalue weighted by Gasteiger charge is 1.93. The van der Waals surface area contributed by atoms with Gasteiger partial charge in [0.05, 0.1) is 6.54 Å². The van der Waals surface area contributed by atoms with E-state index in [1.807, 2.05) is 11.6 Å². The van der Waals surface area contributed by atoms with E-state index >= 15 is 0 Å². The molecule has 0 amide bonds. The minimum absolute atomic E-state index is 0.527. The number of H-pyrrole nitrogens is 1. The maximum atomic E-state index is 4.81. The fraction of sp³-hybridized carbons (Fsp3) is 0.333. The smallest absolute Gasteiger partial charge is 0.213 e. The van der Waals surface area contributed by atoms with Gasteiger partial charge in [-0.1, -0.05) is 6.08 Å². The fourth-order valence-corrected chi connectivity index (χ4v) is 0.978. The molecule has 1 aromatic heterocycles. The quantitative estimate of drug-likeness (QED) is 0.518. The number of aromatic nitrogens is 3. The van der Waals surface area contributed by atoms with Crippen molar-refractivity contribution in [1.29, 1.82) is 0 Å². The van der Waals surface area contributed by atoms with Gasteiger partial charge in [0.1, 0.15) is 5.82 Å². The van der Waals surface area contributed by atoms with Crippen LogP contribution < -0.4 is 0 Å². The Labute approximate surface area is 64.4 Å². The monoisotopic (exact) mass is 155 g/mol. The summed E-state index contributed by atoms with van der Waals surface area (Å²) < 4.78 is 2.37. The summed E-state index contributed by atoms with van der Waals surface area (Å²) >= 11 is 4.81. The maximum Gasteiger partial charge on any atom is 0.213 e.